The second-order valence-electron chi connectivity index (χ2n) is 5.49. The van der Waals surface area contributed by atoms with Crippen molar-refractivity contribution in [3.63, 3.8) is 0 Å². The van der Waals surface area contributed by atoms with Gasteiger partial charge in [-0.2, -0.15) is 0 Å². The largest absolute Gasteiger partial charge is 0.481 e. The van der Waals surface area contributed by atoms with Crippen LogP contribution in [-0.2, 0) is 16.0 Å². The van der Waals surface area contributed by atoms with Crippen LogP contribution in [-0.4, -0.2) is 28.0 Å². The van der Waals surface area contributed by atoms with E-state index in [9.17, 15) is 9.59 Å². The molecule has 0 saturated carbocycles. The van der Waals surface area contributed by atoms with E-state index in [0.29, 0.717) is 19.3 Å². The molecule has 0 bridgehead atoms. The predicted octanol–water partition coefficient (Wildman–Crippen LogP) is 2.41. The van der Waals surface area contributed by atoms with Crippen LogP contribution in [0.15, 0.2) is 24.5 Å². The molecule has 1 heterocycles. The van der Waals surface area contributed by atoms with Gasteiger partial charge in [-0.3, -0.25) is 14.6 Å². The number of carbonyl (C=O) groups is 2. The number of carboxylic acids is 1. The Bertz CT molecular complexity index is 448. The first kappa shape index (κ1) is 17.1. The fourth-order valence-corrected chi connectivity index (χ4v) is 2.08. The van der Waals surface area contributed by atoms with Gasteiger partial charge in [0.15, 0.2) is 0 Å². The van der Waals surface area contributed by atoms with Crippen molar-refractivity contribution in [2.24, 2.45) is 5.92 Å². The van der Waals surface area contributed by atoms with Gasteiger partial charge >= 0.3 is 5.97 Å². The van der Waals surface area contributed by atoms with Gasteiger partial charge in [-0.15, -0.1) is 0 Å². The lowest BCUT2D eigenvalue weighted by Crippen LogP contribution is -2.32. The fraction of sp³-hybridized carbons (Fsp3) is 0.562. The summed E-state index contributed by atoms with van der Waals surface area (Å²) in [5.74, 6) is -1.05. The summed E-state index contributed by atoms with van der Waals surface area (Å²) in [5, 5.41) is 11.7. The number of carboxylic acid groups (broad SMARTS) is 1. The number of aliphatic carboxylic acids is 1. The smallest absolute Gasteiger partial charge is 0.306 e. The zero-order valence-corrected chi connectivity index (χ0v) is 12.7. The van der Waals surface area contributed by atoms with Crippen LogP contribution in [0.3, 0.4) is 0 Å². The van der Waals surface area contributed by atoms with Gasteiger partial charge in [-0.05, 0) is 43.9 Å². The predicted molar refractivity (Wildman–Crippen MR) is 80.8 cm³/mol. The Hall–Kier alpha value is -1.91. The van der Waals surface area contributed by atoms with E-state index in [0.717, 1.165) is 18.4 Å². The summed E-state index contributed by atoms with van der Waals surface area (Å²) in [6.45, 7) is 3.66. The Morgan fingerprint density at radius 3 is 2.52 bits per heavy atom. The Kier molecular flexibility index (Phi) is 7.43. The summed E-state index contributed by atoms with van der Waals surface area (Å²) in [6, 6.07) is 3.89. The molecule has 1 aromatic heterocycles. The maximum Gasteiger partial charge on any atom is 0.306 e. The van der Waals surface area contributed by atoms with Gasteiger partial charge in [0.1, 0.15) is 0 Å². The third kappa shape index (κ3) is 7.44. The molecule has 0 saturated heterocycles. The van der Waals surface area contributed by atoms with Gasteiger partial charge in [-0.25, -0.2) is 0 Å². The fourth-order valence-electron chi connectivity index (χ4n) is 2.08. The summed E-state index contributed by atoms with van der Waals surface area (Å²) in [6.07, 6.45) is 6.86. The normalized spacial score (nSPS) is 13.4. The third-order valence-electron chi connectivity index (χ3n) is 3.49. The average Bonchev–Trinajstić information content (AvgIpc) is 2.46. The molecule has 0 radical (unpaired) electrons. The first-order chi connectivity index (χ1) is 9.99. The number of hydrogen-bond acceptors (Lipinski definition) is 3. The van der Waals surface area contributed by atoms with E-state index in [-0.39, 0.29) is 17.9 Å². The topological polar surface area (TPSA) is 79.3 Å². The minimum Gasteiger partial charge on any atom is -0.481 e. The molecular weight excluding hydrogens is 268 g/mol. The van der Waals surface area contributed by atoms with Crippen molar-refractivity contribution >= 4 is 11.9 Å². The third-order valence-corrected chi connectivity index (χ3v) is 3.49. The molecule has 2 atom stereocenters. The number of aromatic nitrogens is 1. The highest BCUT2D eigenvalue weighted by Crippen LogP contribution is 2.10. The van der Waals surface area contributed by atoms with E-state index in [1.165, 1.54) is 0 Å². The summed E-state index contributed by atoms with van der Waals surface area (Å²) >= 11 is 0. The van der Waals surface area contributed by atoms with Crippen LogP contribution in [0, 0.1) is 5.92 Å². The van der Waals surface area contributed by atoms with E-state index < -0.39 is 5.97 Å². The molecule has 1 rings (SSSR count). The molecule has 21 heavy (non-hydrogen) atoms. The van der Waals surface area contributed by atoms with E-state index in [2.05, 4.69) is 10.3 Å². The molecule has 0 aliphatic heterocycles. The van der Waals surface area contributed by atoms with Crippen LogP contribution in [0.25, 0.3) is 0 Å². The van der Waals surface area contributed by atoms with Crippen LogP contribution < -0.4 is 5.32 Å². The molecule has 0 aromatic carbocycles. The lowest BCUT2D eigenvalue weighted by Gasteiger charge is -2.14. The van der Waals surface area contributed by atoms with Crippen LogP contribution in [0.1, 0.15) is 45.1 Å². The molecule has 5 heteroatoms. The van der Waals surface area contributed by atoms with Crippen LogP contribution in [0.2, 0.25) is 0 Å². The Balaban J connectivity index is 2.17. The molecule has 116 valence electrons. The number of rotatable bonds is 9. The highest BCUT2D eigenvalue weighted by atomic mass is 16.4. The van der Waals surface area contributed by atoms with Gasteiger partial charge < -0.3 is 10.4 Å². The van der Waals surface area contributed by atoms with E-state index >= 15 is 0 Å². The number of carbonyl (C=O) groups excluding carboxylic acids is 1. The Morgan fingerprint density at radius 2 is 1.90 bits per heavy atom. The minimum absolute atomic E-state index is 0.0330. The summed E-state index contributed by atoms with van der Waals surface area (Å²) in [7, 11) is 0. The zero-order chi connectivity index (χ0) is 15.7. The van der Waals surface area contributed by atoms with Crippen molar-refractivity contribution in [3.05, 3.63) is 30.1 Å². The van der Waals surface area contributed by atoms with Crippen LogP contribution in [0.5, 0.6) is 0 Å². The average molecular weight is 292 g/mol. The lowest BCUT2D eigenvalue weighted by atomic mass is 10.0. The quantitative estimate of drug-likeness (QED) is 0.732. The second-order valence-corrected chi connectivity index (χ2v) is 5.49. The van der Waals surface area contributed by atoms with Gasteiger partial charge in [0.25, 0.3) is 0 Å². The molecule has 0 fully saturated rings. The molecule has 5 nitrogen and oxygen atoms in total. The van der Waals surface area contributed by atoms with Crippen molar-refractivity contribution in [3.8, 4) is 0 Å². The van der Waals surface area contributed by atoms with Crippen molar-refractivity contribution in [2.75, 3.05) is 0 Å². The minimum atomic E-state index is -0.760. The molecule has 0 spiro atoms. The highest BCUT2D eigenvalue weighted by Gasteiger charge is 2.12. The Morgan fingerprint density at radius 1 is 1.24 bits per heavy atom. The Labute approximate surface area is 125 Å². The molecule has 1 amide bonds. The van der Waals surface area contributed by atoms with Crippen LogP contribution >= 0.6 is 0 Å². The number of hydrogen-bond donors (Lipinski definition) is 2. The monoisotopic (exact) mass is 292 g/mol. The molecule has 2 unspecified atom stereocenters. The first-order valence-corrected chi connectivity index (χ1v) is 7.40. The molecule has 1 aromatic rings. The van der Waals surface area contributed by atoms with Gasteiger partial charge in [0, 0.05) is 24.9 Å². The van der Waals surface area contributed by atoms with Crippen LogP contribution in [0.4, 0.5) is 0 Å². The van der Waals surface area contributed by atoms with Crippen molar-refractivity contribution < 1.29 is 14.7 Å². The molecule has 0 aliphatic carbocycles. The maximum absolute atomic E-state index is 11.8. The van der Waals surface area contributed by atoms with Crippen molar-refractivity contribution in [1.29, 1.82) is 0 Å². The second kappa shape index (κ2) is 9.10. The number of amides is 1. The van der Waals surface area contributed by atoms with E-state index in [1.807, 2.05) is 19.1 Å². The van der Waals surface area contributed by atoms with E-state index in [1.54, 1.807) is 19.3 Å². The summed E-state index contributed by atoms with van der Waals surface area (Å²) < 4.78 is 0. The number of nitrogens with zero attached hydrogens (tertiary/aromatic N) is 1. The van der Waals surface area contributed by atoms with Crippen molar-refractivity contribution in [2.45, 2.75) is 52.0 Å². The molecule has 0 aliphatic rings. The standard InChI is InChI=1S/C16H24N2O3/c1-12(16(20)21)4-3-5-13(2)18-15(19)7-6-14-8-10-17-11-9-14/h8-13H,3-7H2,1-2H3,(H,18,19)(H,20,21). The van der Waals surface area contributed by atoms with Gasteiger partial charge in [0.05, 0.1) is 5.92 Å². The number of nitrogens with one attached hydrogen (secondary N) is 1. The maximum atomic E-state index is 11.8. The lowest BCUT2D eigenvalue weighted by molar-refractivity contribution is -0.141. The van der Waals surface area contributed by atoms with Gasteiger partial charge in [0.2, 0.25) is 5.91 Å². The van der Waals surface area contributed by atoms with Crippen molar-refractivity contribution in [1.82, 2.24) is 10.3 Å². The van der Waals surface area contributed by atoms with Gasteiger partial charge in [-0.1, -0.05) is 13.3 Å². The zero-order valence-electron chi connectivity index (χ0n) is 12.7. The summed E-state index contributed by atoms with van der Waals surface area (Å²) in [4.78, 5) is 26.4. The highest BCUT2D eigenvalue weighted by molar-refractivity contribution is 5.76. The first-order valence-electron chi connectivity index (χ1n) is 7.40. The van der Waals surface area contributed by atoms with E-state index in [4.69, 9.17) is 5.11 Å². The number of pyridine rings is 1. The number of aryl methyl sites for hydroxylation is 1. The molecular formula is C16H24N2O3. The summed E-state index contributed by atoms with van der Waals surface area (Å²) in [5.41, 5.74) is 1.10. The SMILES string of the molecule is CC(CCCC(C)C(=O)O)NC(=O)CCc1ccncc1. The molecule has 2 N–H and O–H groups in total.